The lowest BCUT2D eigenvalue weighted by molar-refractivity contribution is -0.107. The van der Waals surface area contributed by atoms with Crippen molar-refractivity contribution in [2.45, 2.75) is 31.3 Å². The third kappa shape index (κ3) is 2.65. The van der Waals surface area contributed by atoms with Gasteiger partial charge in [0, 0.05) is 19.1 Å². The zero-order valence-corrected chi connectivity index (χ0v) is 12.8. The number of methoxy groups -OCH3 is 1. The van der Waals surface area contributed by atoms with Crippen LogP contribution in [0.3, 0.4) is 0 Å². The van der Waals surface area contributed by atoms with E-state index in [9.17, 15) is 13.6 Å². The van der Waals surface area contributed by atoms with Crippen LogP contribution < -0.4 is 10.7 Å². The number of aldehydes is 1. The maximum absolute atomic E-state index is 14.3. The zero-order chi connectivity index (χ0) is 16.6. The number of nitrogens with zero attached hydrogens (tertiary/aromatic N) is 2. The molecule has 2 aliphatic rings. The number of anilines is 1. The molecule has 0 aromatic heterocycles. The minimum atomic E-state index is -0.670. The Morgan fingerprint density at radius 2 is 1.96 bits per heavy atom. The summed E-state index contributed by atoms with van der Waals surface area (Å²) in [5.41, 5.74) is 6.68. The van der Waals surface area contributed by atoms with E-state index in [1.165, 1.54) is 30.3 Å². The highest BCUT2D eigenvalue weighted by atomic mass is 19.1. The maximum atomic E-state index is 14.3. The molecule has 1 atom stereocenters. The molecule has 3 rings (SSSR count). The number of rotatable bonds is 6. The second kappa shape index (κ2) is 6.16. The second-order valence-electron chi connectivity index (χ2n) is 5.74. The number of hydrazine groups is 1. The smallest absolute Gasteiger partial charge is 0.151 e. The molecule has 1 aliphatic carbocycles. The van der Waals surface area contributed by atoms with Gasteiger partial charge in [-0.05, 0) is 25.0 Å². The molecule has 124 valence electrons. The number of carbonyl (C=O) groups is 1. The fraction of sp³-hybridized carbons (Fsp3) is 0.438. The van der Waals surface area contributed by atoms with Gasteiger partial charge in [-0.2, -0.15) is 0 Å². The van der Waals surface area contributed by atoms with Crippen LogP contribution >= 0.6 is 0 Å². The molecule has 1 fully saturated rings. The Labute approximate surface area is 133 Å². The summed E-state index contributed by atoms with van der Waals surface area (Å²) in [6.07, 6.45) is 2.63. The molecule has 1 unspecified atom stereocenters. The van der Waals surface area contributed by atoms with Gasteiger partial charge in [-0.1, -0.05) is 6.07 Å². The molecule has 5 nitrogen and oxygen atoms in total. The predicted octanol–water partition coefficient (Wildman–Crippen LogP) is 1.94. The van der Waals surface area contributed by atoms with Gasteiger partial charge in [0.1, 0.15) is 17.8 Å². The van der Waals surface area contributed by atoms with E-state index in [1.54, 1.807) is 5.01 Å². The standard InChI is InChI=1S/C16H19F2N3O2/c1-23-9-14-11(7-8-22)16(19)20(10-5-6-10)21(14)15-12(17)3-2-4-13(15)18/h2-4,8,10,14H,5-7,9,19H2,1H3. The van der Waals surface area contributed by atoms with Gasteiger partial charge in [-0.25, -0.2) is 8.78 Å². The molecule has 0 amide bonds. The van der Waals surface area contributed by atoms with Crippen LogP contribution in [0.2, 0.25) is 0 Å². The van der Waals surface area contributed by atoms with Crippen molar-refractivity contribution >= 4 is 12.0 Å². The van der Waals surface area contributed by atoms with E-state index in [4.69, 9.17) is 10.5 Å². The molecular weight excluding hydrogens is 304 g/mol. The predicted molar refractivity (Wildman–Crippen MR) is 81.3 cm³/mol. The highest BCUT2D eigenvalue weighted by Crippen LogP contribution is 2.42. The van der Waals surface area contributed by atoms with Gasteiger partial charge in [-0.3, -0.25) is 10.0 Å². The first kappa shape index (κ1) is 15.7. The largest absolute Gasteiger partial charge is 0.384 e. The van der Waals surface area contributed by atoms with Crippen LogP contribution in [0.25, 0.3) is 0 Å². The molecule has 2 N–H and O–H groups in total. The summed E-state index contributed by atoms with van der Waals surface area (Å²) in [4.78, 5) is 11.0. The van der Waals surface area contributed by atoms with Crippen LogP contribution in [0, 0.1) is 11.6 Å². The van der Waals surface area contributed by atoms with Gasteiger partial charge in [0.25, 0.3) is 0 Å². The summed E-state index contributed by atoms with van der Waals surface area (Å²) in [5, 5.41) is 3.23. The Morgan fingerprint density at radius 1 is 1.30 bits per heavy atom. The van der Waals surface area contributed by atoms with E-state index in [1.807, 2.05) is 0 Å². The number of hydrogen-bond donors (Lipinski definition) is 1. The number of nitrogens with two attached hydrogens (primary N) is 1. The van der Waals surface area contributed by atoms with E-state index in [2.05, 4.69) is 0 Å². The fourth-order valence-electron chi connectivity index (χ4n) is 3.05. The monoisotopic (exact) mass is 323 g/mol. The van der Waals surface area contributed by atoms with Crippen LogP contribution in [0.15, 0.2) is 29.6 Å². The fourth-order valence-corrected chi connectivity index (χ4v) is 3.05. The van der Waals surface area contributed by atoms with E-state index < -0.39 is 17.7 Å². The summed E-state index contributed by atoms with van der Waals surface area (Å²) in [6.45, 7) is 0.181. The van der Waals surface area contributed by atoms with Crippen molar-refractivity contribution in [1.82, 2.24) is 5.01 Å². The van der Waals surface area contributed by atoms with Crippen molar-refractivity contribution in [3.63, 3.8) is 0 Å². The van der Waals surface area contributed by atoms with Gasteiger partial charge < -0.3 is 15.3 Å². The quantitative estimate of drug-likeness (QED) is 0.811. The average molecular weight is 323 g/mol. The molecule has 0 bridgehead atoms. The molecule has 23 heavy (non-hydrogen) atoms. The molecule has 0 spiro atoms. The second-order valence-corrected chi connectivity index (χ2v) is 5.74. The van der Waals surface area contributed by atoms with E-state index in [0.29, 0.717) is 11.4 Å². The Kier molecular flexibility index (Phi) is 4.21. The lowest BCUT2D eigenvalue weighted by atomic mass is 10.1. The molecular formula is C16H19F2N3O2. The first-order chi connectivity index (χ1) is 11.1. The van der Waals surface area contributed by atoms with Crippen LogP contribution in [0.4, 0.5) is 14.5 Å². The minimum Gasteiger partial charge on any atom is -0.384 e. The molecule has 1 heterocycles. The maximum Gasteiger partial charge on any atom is 0.151 e. The van der Waals surface area contributed by atoms with Crippen molar-refractivity contribution in [2.75, 3.05) is 18.7 Å². The molecule has 0 radical (unpaired) electrons. The summed E-state index contributed by atoms with van der Waals surface area (Å²) in [5.74, 6) is -0.946. The van der Waals surface area contributed by atoms with Gasteiger partial charge in [-0.15, -0.1) is 0 Å². The Morgan fingerprint density at radius 3 is 2.48 bits per heavy atom. The highest BCUT2D eigenvalue weighted by Gasteiger charge is 2.46. The normalized spacial score (nSPS) is 21.3. The Hall–Kier alpha value is -2.15. The minimum absolute atomic E-state index is 0.0949. The SMILES string of the molecule is COCC1C(CC=O)=C(N)N(C2CC2)N1c1c(F)cccc1F. The van der Waals surface area contributed by atoms with Crippen LogP contribution in [0.5, 0.6) is 0 Å². The van der Waals surface area contributed by atoms with Crippen LogP contribution in [0.1, 0.15) is 19.3 Å². The third-order valence-electron chi connectivity index (χ3n) is 4.19. The Bertz CT molecular complexity index is 626. The highest BCUT2D eigenvalue weighted by molar-refractivity contribution is 5.61. The van der Waals surface area contributed by atoms with Gasteiger partial charge in [0.2, 0.25) is 0 Å². The summed E-state index contributed by atoms with van der Waals surface area (Å²) in [7, 11) is 1.50. The van der Waals surface area contributed by atoms with Gasteiger partial charge >= 0.3 is 0 Å². The van der Waals surface area contributed by atoms with Gasteiger partial charge in [0.05, 0.1) is 18.7 Å². The van der Waals surface area contributed by atoms with E-state index in [-0.39, 0.29) is 24.8 Å². The molecule has 1 aliphatic heterocycles. The topological polar surface area (TPSA) is 58.8 Å². The Balaban J connectivity index is 2.10. The first-order valence-electron chi connectivity index (χ1n) is 7.53. The number of para-hydroxylation sites is 1. The lowest BCUT2D eigenvalue weighted by Gasteiger charge is -2.37. The van der Waals surface area contributed by atoms with Crippen LogP contribution in [-0.4, -0.2) is 37.1 Å². The summed E-state index contributed by atoms with van der Waals surface area (Å²) >= 11 is 0. The van der Waals surface area contributed by atoms with Crippen molar-refractivity contribution in [3.8, 4) is 0 Å². The zero-order valence-electron chi connectivity index (χ0n) is 12.8. The number of benzene rings is 1. The number of carbonyl (C=O) groups excluding carboxylic acids is 1. The molecule has 0 saturated heterocycles. The van der Waals surface area contributed by atoms with E-state index >= 15 is 0 Å². The van der Waals surface area contributed by atoms with Crippen molar-refractivity contribution in [3.05, 3.63) is 41.2 Å². The number of halogens is 2. The molecule has 1 saturated carbocycles. The summed E-state index contributed by atoms with van der Waals surface area (Å²) in [6, 6.07) is 3.33. The number of hydrogen-bond acceptors (Lipinski definition) is 5. The van der Waals surface area contributed by atoms with Gasteiger partial charge in [0.15, 0.2) is 11.6 Å². The van der Waals surface area contributed by atoms with Crippen molar-refractivity contribution < 1.29 is 18.3 Å². The summed E-state index contributed by atoms with van der Waals surface area (Å²) < 4.78 is 33.9. The van der Waals surface area contributed by atoms with Crippen molar-refractivity contribution in [1.29, 1.82) is 0 Å². The molecule has 1 aromatic carbocycles. The average Bonchev–Trinajstić information content (AvgIpc) is 3.30. The van der Waals surface area contributed by atoms with Crippen molar-refractivity contribution in [2.24, 2.45) is 5.73 Å². The molecule has 1 aromatic rings. The third-order valence-corrected chi connectivity index (χ3v) is 4.19. The lowest BCUT2D eigenvalue weighted by Crippen LogP contribution is -2.48. The number of ether oxygens (including phenoxy) is 1. The first-order valence-corrected chi connectivity index (χ1v) is 7.53. The van der Waals surface area contributed by atoms with E-state index in [0.717, 1.165) is 19.1 Å². The molecule has 7 heteroatoms. The van der Waals surface area contributed by atoms with Crippen LogP contribution in [-0.2, 0) is 9.53 Å².